The molecule has 2 atom stereocenters. The van der Waals surface area contributed by atoms with E-state index in [4.69, 9.17) is 5.73 Å². The summed E-state index contributed by atoms with van der Waals surface area (Å²) in [6, 6.07) is 15.3. The molecule has 0 saturated carbocycles. The Labute approximate surface area is 134 Å². The number of nitrogens with two attached hydrogens (primary N) is 1. The minimum absolute atomic E-state index is 0.0544. The van der Waals surface area contributed by atoms with Crippen molar-refractivity contribution in [2.24, 2.45) is 11.7 Å². The van der Waals surface area contributed by atoms with Crippen LogP contribution in [0, 0.1) is 5.92 Å². The molecule has 1 aliphatic rings. The largest absolute Gasteiger partial charge is 0.329 e. The van der Waals surface area contributed by atoms with Crippen LogP contribution in [0.5, 0.6) is 0 Å². The number of nitrogens with zero attached hydrogens (tertiary/aromatic N) is 1. The molecule has 3 rings (SSSR count). The summed E-state index contributed by atoms with van der Waals surface area (Å²) >= 11 is 0. The zero-order chi connectivity index (χ0) is 15.6. The third-order valence-electron chi connectivity index (χ3n) is 5.31. The lowest BCUT2D eigenvalue weighted by atomic mass is 9.85. The maximum Gasteiger partial charge on any atom is 0.0344 e. The van der Waals surface area contributed by atoms with Crippen molar-refractivity contribution >= 4 is 10.8 Å². The lowest BCUT2D eigenvalue weighted by Crippen LogP contribution is -2.56. The van der Waals surface area contributed by atoms with Crippen LogP contribution < -0.4 is 5.73 Å². The van der Waals surface area contributed by atoms with Gasteiger partial charge in [0.05, 0.1) is 0 Å². The fourth-order valence-corrected chi connectivity index (χ4v) is 3.85. The van der Waals surface area contributed by atoms with E-state index < -0.39 is 0 Å². The van der Waals surface area contributed by atoms with Crippen molar-refractivity contribution < 1.29 is 0 Å². The molecule has 2 aromatic carbocycles. The van der Waals surface area contributed by atoms with Crippen LogP contribution in [0.1, 0.15) is 32.3 Å². The second-order valence-corrected chi connectivity index (χ2v) is 7.21. The van der Waals surface area contributed by atoms with E-state index in [1.54, 1.807) is 0 Å². The molecule has 2 N–H and O–H groups in total. The summed E-state index contributed by atoms with van der Waals surface area (Å²) in [5.41, 5.74) is 7.71. The third kappa shape index (κ3) is 3.04. The van der Waals surface area contributed by atoms with Gasteiger partial charge in [0.2, 0.25) is 0 Å². The van der Waals surface area contributed by atoms with E-state index in [0.717, 1.165) is 12.3 Å². The normalized spacial score (nSPS) is 22.6. The molecule has 2 aromatic rings. The minimum atomic E-state index is 0.0544. The summed E-state index contributed by atoms with van der Waals surface area (Å²) in [6.07, 6.45) is 3.68. The molecule has 118 valence electrons. The maximum absolute atomic E-state index is 6.23. The van der Waals surface area contributed by atoms with E-state index in [1.165, 1.54) is 42.3 Å². The Bertz CT molecular complexity index is 631. The number of rotatable bonds is 4. The molecule has 0 aliphatic carbocycles. The number of benzene rings is 2. The smallest absolute Gasteiger partial charge is 0.0344 e. The lowest BCUT2D eigenvalue weighted by Gasteiger charge is -2.45. The highest BCUT2D eigenvalue weighted by molar-refractivity contribution is 5.85. The molecule has 2 heteroatoms. The van der Waals surface area contributed by atoms with Gasteiger partial charge in [-0.25, -0.2) is 0 Å². The quantitative estimate of drug-likeness (QED) is 0.929. The molecule has 1 aliphatic heterocycles. The van der Waals surface area contributed by atoms with Crippen molar-refractivity contribution in [3.05, 3.63) is 48.0 Å². The molecule has 0 aromatic heterocycles. The van der Waals surface area contributed by atoms with Gasteiger partial charge in [-0.05, 0) is 55.0 Å². The molecule has 2 nitrogen and oxygen atoms in total. The van der Waals surface area contributed by atoms with E-state index in [-0.39, 0.29) is 5.54 Å². The van der Waals surface area contributed by atoms with Crippen molar-refractivity contribution in [1.82, 2.24) is 4.90 Å². The highest BCUT2D eigenvalue weighted by atomic mass is 15.2. The molecular weight excluding hydrogens is 268 g/mol. The number of fused-ring (bicyclic) bond motifs is 1. The molecule has 1 saturated heterocycles. The van der Waals surface area contributed by atoms with E-state index in [9.17, 15) is 0 Å². The van der Waals surface area contributed by atoms with E-state index >= 15 is 0 Å². The maximum atomic E-state index is 6.23. The SMILES string of the molecule is CC1CCCN(C(C)(CN)Cc2cccc3ccccc23)C1. The predicted octanol–water partition coefficient (Wildman–Crippen LogP) is 3.83. The fraction of sp³-hybridized carbons (Fsp3) is 0.500. The van der Waals surface area contributed by atoms with Gasteiger partial charge in [0.15, 0.2) is 0 Å². The molecule has 0 amide bonds. The Hall–Kier alpha value is -1.38. The first kappa shape index (κ1) is 15.5. The summed E-state index contributed by atoms with van der Waals surface area (Å²) in [5, 5.41) is 2.70. The molecule has 0 radical (unpaired) electrons. The monoisotopic (exact) mass is 296 g/mol. The van der Waals surface area contributed by atoms with Gasteiger partial charge in [0, 0.05) is 18.6 Å². The zero-order valence-corrected chi connectivity index (χ0v) is 13.9. The highest BCUT2D eigenvalue weighted by Crippen LogP contribution is 2.29. The van der Waals surface area contributed by atoms with Gasteiger partial charge in [0.25, 0.3) is 0 Å². The number of piperidine rings is 1. The van der Waals surface area contributed by atoms with Crippen LogP contribution in [0.4, 0.5) is 0 Å². The summed E-state index contributed by atoms with van der Waals surface area (Å²) in [7, 11) is 0. The Balaban J connectivity index is 1.90. The van der Waals surface area contributed by atoms with Gasteiger partial charge in [0.1, 0.15) is 0 Å². The summed E-state index contributed by atoms with van der Waals surface area (Å²) in [4.78, 5) is 2.63. The van der Waals surface area contributed by atoms with Crippen molar-refractivity contribution in [2.75, 3.05) is 19.6 Å². The first-order valence-electron chi connectivity index (χ1n) is 8.54. The lowest BCUT2D eigenvalue weighted by molar-refractivity contribution is 0.0644. The van der Waals surface area contributed by atoms with E-state index in [0.29, 0.717) is 6.54 Å². The average Bonchev–Trinajstić information content (AvgIpc) is 2.55. The van der Waals surface area contributed by atoms with Crippen LogP contribution in [0.25, 0.3) is 10.8 Å². The summed E-state index contributed by atoms with van der Waals surface area (Å²) in [6.45, 7) is 7.78. The molecule has 0 spiro atoms. The van der Waals surface area contributed by atoms with Crippen LogP contribution >= 0.6 is 0 Å². The Morgan fingerprint density at radius 3 is 2.73 bits per heavy atom. The molecule has 22 heavy (non-hydrogen) atoms. The summed E-state index contributed by atoms with van der Waals surface area (Å²) < 4.78 is 0. The average molecular weight is 296 g/mol. The molecular formula is C20H28N2. The Morgan fingerprint density at radius 2 is 1.95 bits per heavy atom. The van der Waals surface area contributed by atoms with E-state index in [1.807, 2.05) is 0 Å². The number of hydrogen-bond donors (Lipinski definition) is 1. The number of likely N-dealkylation sites (tertiary alicyclic amines) is 1. The number of hydrogen-bond acceptors (Lipinski definition) is 2. The second kappa shape index (κ2) is 6.39. The Kier molecular flexibility index (Phi) is 4.51. The highest BCUT2D eigenvalue weighted by Gasteiger charge is 2.33. The van der Waals surface area contributed by atoms with Gasteiger partial charge >= 0.3 is 0 Å². The van der Waals surface area contributed by atoms with Crippen molar-refractivity contribution in [1.29, 1.82) is 0 Å². The van der Waals surface area contributed by atoms with Crippen LogP contribution in [-0.2, 0) is 6.42 Å². The topological polar surface area (TPSA) is 29.3 Å². The fourth-order valence-electron chi connectivity index (χ4n) is 3.85. The van der Waals surface area contributed by atoms with E-state index in [2.05, 4.69) is 61.2 Å². The third-order valence-corrected chi connectivity index (χ3v) is 5.31. The molecule has 1 fully saturated rings. The molecule has 0 bridgehead atoms. The first-order valence-corrected chi connectivity index (χ1v) is 8.54. The van der Waals surface area contributed by atoms with Gasteiger partial charge < -0.3 is 5.73 Å². The predicted molar refractivity (Wildman–Crippen MR) is 95.1 cm³/mol. The second-order valence-electron chi connectivity index (χ2n) is 7.21. The molecule has 2 unspecified atom stereocenters. The van der Waals surface area contributed by atoms with Gasteiger partial charge in [-0.3, -0.25) is 4.90 Å². The van der Waals surface area contributed by atoms with Crippen LogP contribution in [-0.4, -0.2) is 30.1 Å². The molecule has 1 heterocycles. The van der Waals surface area contributed by atoms with Crippen LogP contribution in [0.15, 0.2) is 42.5 Å². The first-order chi connectivity index (χ1) is 10.6. The standard InChI is InChI=1S/C20H28N2/c1-16-7-6-12-22(14-16)20(2,15-21)13-18-10-5-9-17-8-3-4-11-19(17)18/h3-5,8-11,16H,6-7,12-15,21H2,1-2H3. The van der Waals surface area contributed by atoms with Crippen LogP contribution in [0.3, 0.4) is 0 Å². The zero-order valence-electron chi connectivity index (χ0n) is 13.9. The van der Waals surface area contributed by atoms with Crippen LogP contribution in [0.2, 0.25) is 0 Å². The minimum Gasteiger partial charge on any atom is -0.329 e. The van der Waals surface area contributed by atoms with Crippen molar-refractivity contribution in [3.8, 4) is 0 Å². The summed E-state index contributed by atoms with van der Waals surface area (Å²) in [5.74, 6) is 0.784. The van der Waals surface area contributed by atoms with Gasteiger partial charge in [-0.15, -0.1) is 0 Å². The van der Waals surface area contributed by atoms with Gasteiger partial charge in [-0.1, -0.05) is 49.4 Å². The van der Waals surface area contributed by atoms with Gasteiger partial charge in [-0.2, -0.15) is 0 Å². The Morgan fingerprint density at radius 1 is 1.18 bits per heavy atom. The van der Waals surface area contributed by atoms with Crippen molar-refractivity contribution in [2.45, 2.75) is 38.6 Å². The van der Waals surface area contributed by atoms with Crippen molar-refractivity contribution in [3.63, 3.8) is 0 Å².